The Kier molecular flexibility index (Phi) is 8.47. The molecule has 0 spiro atoms. The predicted molar refractivity (Wildman–Crippen MR) is 83.1 cm³/mol. The molecule has 1 rings (SSSR count). The molecule has 0 saturated carbocycles. The fraction of sp³-hybridized carbons (Fsp3) is 0.647. The van der Waals surface area contributed by atoms with Crippen LogP contribution in [-0.4, -0.2) is 32.2 Å². The summed E-state index contributed by atoms with van der Waals surface area (Å²) in [6.07, 6.45) is -0.748. The van der Waals surface area contributed by atoms with Crippen molar-refractivity contribution in [2.24, 2.45) is 0 Å². The predicted octanol–water partition coefficient (Wildman–Crippen LogP) is 4.00. The summed E-state index contributed by atoms with van der Waals surface area (Å²) in [6, 6.07) is 8.89. The lowest BCUT2D eigenvalue weighted by atomic mass is 9.98. The van der Waals surface area contributed by atoms with Crippen LogP contribution in [0, 0.1) is 0 Å². The van der Waals surface area contributed by atoms with Crippen molar-refractivity contribution in [3.8, 4) is 0 Å². The fourth-order valence-corrected chi connectivity index (χ4v) is 2.29. The molecule has 0 aliphatic rings. The van der Waals surface area contributed by atoms with Gasteiger partial charge in [-0.2, -0.15) is 0 Å². The molecule has 0 amide bonds. The summed E-state index contributed by atoms with van der Waals surface area (Å²) in [5.74, 6) is 0.534. The molecule has 0 aliphatic carbocycles. The number of halogens is 2. The molecule has 0 radical (unpaired) electrons. The Hall–Kier alpha value is -1.00. The van der Waals surface area contributed by atoms with Crippen molar-refractivity contribution in [1.29, 1.82) is 0 Å². The molecular formula is C17H27F2NO. The van der Waals surface area contributed by atoms with E-state index in [-0.39, 0.29) is 6.04 Å². The van der Waals surface area contributed by atoms with Crippen LogP contribution in [-0.2, 0) is 11.2 Å². The van der Waals surface area contributed by atoms with Gasteiger partial charge in [0, 0.05) is 12.6 Å². The number of benzene rings is 1. The Bertz CT molecular complexity index is 379. The summed E-state index contributed by atoms with van der Waals surface area (Å²) < 4.78 is 29.0. The molecule has 1 aromatic rings. The van der Waals surface area contributed by atoms with Crippen LogP contribution in [0.2, 0.25) is 0 Å². The second-order valence-corrected chi connectivity index (χ2v) is 5.61. The SMILES string of the molecule is CCNC(CCOCC(F)F)Cc1ccc(C(C)C)cc1. The van der Waals surface area contributed by atoms with E-state index in [0.29, 0.717) is 12.5 Å². The maximum absolute atomic E-state index is 12.0. The topological polar surface area (TPSA) is 21.3 Å². The molecule has 0 saturated heterocycles. The Morgan fingerprint density at radius 3 is 2.33 bits per heavy atom. The van der Waals surface area contributed by atoms with Gasteiger partial charge in [0.1, 0.15) is 6.61 Å². The minimum Gasteiger partial charge on any atom is -0.375 e. The first-order chi connectivity index (χ1) is 10.0. The second kappa shape index (κ2) is 9.85. The van der Waals surface area contributed by atoms with E-state index in [9.17, 15) is 8.78 Å². The van der Waals surface area contributed by atoms with Gasteiger partial charge in [0.2, 0.25) is 0 Å². The largest absolute Gasteiger partial charge is 0.375 e. The molecule has 21 heavy (non-hydrogen) atoms. The lowest BCUT2D eigenvalue weighted by Gasteiger charge is -2.18. The van der Waals surface area contributed by atoms with Crippen LogP contribution in [0.5, 0.6) is 0 Å². The zero-order chi connectivity index (χ0) is 15.7. The lowest BCUT2D eigenvalue weighted by molar-refractivity contribution is 0.0144. The van der Waals surface area contributed by atoms with Gasteiger partial charge in [-0.3, -0.25) is 0 Å². The third-order valence-corrected chi connectivity index (χ3v) is 3.48. The van der Waals surface area contributed by atoms with Crippen LogP contribution in [0.3, 0.4) is 0 Å². The van der Waals surface area contributed by atoms with E-state index in [0.717, 1.165) is 19.4 Å². The molecule has 120 valence electrons. The lowest BCUT2D eigenvalue weighted by Crippen LogP contribution is -2.32. The summed E-state index contributed by atoms with van der Waals surface area (Å²) >= 11 is 0. The molecule has 0 bridgehead atoms. The summed E-state index contributed by atoms with van der Waals surface area (Å²) in [4.78, 5) is 0. The first-order valence-electron chi connectivity index (χ1n) is 7.71. The van der Waals surface area contributed by atoms with E-state index in [1.807, 2.05) is 0 Å². The fourth-order valence-electron chi connectivity index (χ4n) is 2.29. The van der Waals surface area contributed by atoms with Crippen molar-refractivity contribution in [1.82, 2.24) is 5.32 Å². The first-order valence-corrected chi connectivity index (χ1v) is 7.71. The van der Waals surface area contributed by atoms with Gasteiger partial charge in [-0.15, -0.1) is 0 Å². The highest BCUT2D eigenvalue weighted by molar-refractivity contribution is 5.25. The Labute approximate surface area is 126 Å². The highest BCUT2D eigenvalue weighted by Crippen LogP contribution is 2.16. The summed E-state index contributed by atoms with van der Waals surface area (Å²) in [6.45, 7) is 7.17. The molecule has 2 nitrogen and oxygen atoms in total. The van der Waals surface area contributed by atoms with Gasteiger partial charge >= 0.3 is 0 Å². The highest BCUT2D eigenvalue weighted by atomic mass is 19.3. The van der Waals surface area contributed by atoms with E-state index in [2.05, 4.69) is 50.4 Å². The standard InChI is InChI=1S/C17H27F2NO/c1-4-20-16(9-10-21-12-17(18)19)11-14-5-7-15(8-6-14)13(2)3/h5-8,13,16-17,20H,4,9-12H2,1-3H3. The number of alkyl halides is 2. The van der Waals surface area contributed by atoms with Crippen molar-refractivity contribution >= 4 is 0 Å². The van der Waals surface area contributed by atoms with Gasteiger partial charge in [0.15, 0.2) is 0 Å². The van der Waals surface area contributed by atoms with Crippen molar-refractivity contribution in [3.63, 3.8) is 0 Å². The average molecular weight is 299 g/mol. The normalized spacial score (nSPS) is 13.1. The zero-order valence-corrected chi connectivity index (χ0v) is 13.2. The molecule has 1 unspecified atom stereocenters. The van der Waals surface area contributed by atoms with E-state index in [1.54, 1.807) is 0 Å². The smallest absolute Gasteiger partial charge is 0.261 e. The van der Waals surface area contributed by atoms with E-state index in [4.69, 9.17) is 4.74 Å². The van der Waals surface area contributed by atoms with Crippen LogP contribution in [0.1, 0.15) is 44.2 Å². The molecule has 0 aliphatic heterocycles. The van der Waals surface area contributed by atoms with E-state index >= 15 is 0 Å². The van der Waals surface area contributed by atoms with Crippen LogP contribution in [0.4, 0.5) is 8.78 Å². The van der Waals surface area contributed by atoms with Crippen molar-refractivity contribution in [2.45, 2.75) is 52.0 Å². The van der Waals surface area contributed by atoms with Crippen molar-refractivity contribution in [2.75, 3.05) is 19.8 Å². The molecule has 1 atom stereocenters. The highest BCUT2D eigenvalue weighted by Gasteiger charge is 2.10. The van der Waals surface area contributed by atoms with Gasteiger partial charge in [-0.25, -0.2) is 8.78 Å². The molecular weight excluding hydrogens is 272 g/mol. The number of hydrogen-bond donors (Lipinski definition) is 1. The molecule has 1 N–H and O–H groups in total. The van der Waals surface area contributed by atoms with E-state index < -0.39 is 13.0 Å². The quantitative estimate of drug-likeness (QED) is 0.659. The summed E-state index contributed by atoms with van der Waals surface area (Å²) in [5, 5.41) is 3.39. The van der Waals surface area contributed by atoms with Crippen LogP contribution < -0.4 is 5.32 Å². The number of ether oxygens (including phenoxy) is 1. The molecule has 0 aromatic heterocycles. The Morgan fingerprint density at radius 1 is 1.14 bits per heavy atom. The number of likely N-dealkylation sites (N-methyl/N-ethyl adjacent to an activating group) is 1. The van der Waals surface area contributed by atoms with Crippen molar-refractivity contribution < 1.29 is 13.5 Å². The average Bonchev–Trinajstić information content (AvgIpc) is 2.44. The number of nitrogens with one attached hydrogen (secondary N) is 1. The summed E-state index contributed by atoms with van der Waals surface area (Å²) in [7, 11) is 0. The number of hydrogen-bond acceptors (Lipinski definition) is 2. The Balaban J connectivity index is 2.45. The van der Waals surface area contributed by atoms with E-state index in [1.165, 1.54) is 11.1 Å². The Morgan fingerprint density at radius 2 is 1.81 bits per heavy atom. The minimum atomic E-state index is -2.38. The maximum atomic E-state index is 12.0. The number of rotatable bonds is 10. The van der Waals surface area contributed by atoms with Crippen molar-refractivity contribution in [3.05, 3.63) is 35.4 Å². The third-order valence-electron chi connectivity index (χ3n) is 3.48. The molecule has 4 heteroatoms. The van der Waals surface area contributed by atoms with Crippen LogP contribution in [0.15, 0.2) is 24.3 Å². The van der Waals surface area contributed by atoms with Gasteiger partial charge in [0.05, 0.1) is 0 Å². The molecule has 0 fully saturated rings. The van der Waals surface area contributed by atoms with Crippen LogP contribution in [0.25, 0.3) is 0 Å². The van der Waals surface area contributed by atoms with Crippen LogP contribution >= 0.6 is 0 Å². The minimum absolute atomic E-state index is 0.262. The zero-order valence-electron chi connectivity index (χ0n) is 13.2. The van der Waals surface area contributed by atoms with Gasteiger partial charge in [0.25, 0.3) is 6.43 Å². The first kappa shape index (κ1) is 18.1. The summed E-state index contributed by atoms with van der Waals surface area (Å²) in [5.41, 5.74) is 2.60. The van der Waals surface area contributed by atoms with Gasteiger partial charge < -0.3 is 10.1 Å². The molecule has 1 aromatic carbocycles. The second-order valence-electron chi connectivity index (χ2n) is 5.61. The maximum Gasteiger partial charge on any atom is 0.261 e. The van der Waals surface area contributed by atoms with Gasteiger partial charge in [-0.1, -0.05) is 45.0 Å². The molecule has 0 heterocycles. The monoisotopic (exact) mass is 299 g/mol. The van der Waals surface area contributed by atoms with Gasteiger partial charge in [-0.05, 0) is 36.4 Å². The third kappa shape index (κ3) is 7.53.